The highest BCUT2D eigenvalue weighted by atomic mass is 35.5. The molecule has 2 aromatic carbocycles. The quantitative estimate of drug-likeness (QED) is 0.107. The lowest BCUT2D eigenvalue weighted by Gasteiger charge is -2.40. The van der Waals surface area contributed by atoms with E-state index >= 15 is 0 Å². The van der Waals surface area contributed by atoms with Gasteiger partial charge in [-0.2, -0.15) is 0 Å². The fourth-order valence-electron chi connectivity index (χ4n) is 7.85. The number of anilines is 1. The van der Waals surface area contributed by atoms with Gasteiger partial charge in [-0.1, -0.05) is 32.8 Å². The predicted molar refractivity (Wildman–Crippen MR) is 205 cm³/mol. The second-order valence-corrected chi connectivity index (χ2v) is 14.9. The number of carbonyl (C=O) groups excluding carboxylic acids is 1. The van der Waals surface area contributed by atoms with Gasteiger partial charge in [-0.15, -0.1) is 11.6 Å². The third-order valence-corrected chi connectivity index (χ3v) is 11.0. The van der Waals surface area contributed by atoms with Crippen LogP contribution >= 0.6 is 11.6 Å². The number of nitrogens with zero attached hydrogens (tertiary/aromatic N) is 2. The molecule has 2 saturated heterocycles. The number of aromatic carboxylic acids is 1. The number of amides is 1. The maximum Gasteiger partial charge on any atom is 0.336 e. The van der Waals surface area contributed by atoms with Crippen LogP contribution < -0.4 is 10.2 Å². The molecule has 2 heterocycles. The number of halogens is 1. The number of hydrogen-bond donors (Lipinski definition) is 2. The second-order valence-electron chi connectivity index (χ2n) is 14.5. The molecule has 0 atom stereocenters. The first-order chi connectivity index (χ1) is 24.8. The molecule has 51 heavy (non-hydrogen) atoms. The average molecular weight is 715 g/mol. The normalized spacial score (nSPS) is 17.9. The molecule has 272 valence electrons. The number of rotatable bonds is 16. The van der Waals surface area contributed by atoms with E-state index in [9.17, 15) is 14.7 Å². The van der Waals surface area contributed by atoms with Crippen LogP contribution in [-0.4, -0.2) is 92.3 Å². The summed E-state index contributed by atoms with van der Waals surface area (Å²) in [4.78, 5) is 28.7. The third kappa shape index (κ3) is 8.51. The van der Waals surface area contributed by atoms with E-state index in [1.807, 2.05) is 0 Å². The smallest absolute Gasteiger partial charge is 0.336 e. The number of fused-ring (bicyclic) bond motifs is 2. The minimum absolute atomic E-state index is 0.174. The first-order valence-electron chi connectivity index (χ1n) is 18.8. The summed E-state index contributed by atoms with van der Waals surface area (Å²) < 4.78 is 13.8. The van der Waals surface area contributed by atoms with Crippen molar-refractivity contribution in [1.82, 2.24) is 5.32 Å². The molecule has 2 aliphatic carbocycles. The van der Waals surface area contributed by atoms with Gasteiger partial charge in [0.05, 0.1) is 25.4 Å². The van der Waals surface area contributed by atoms with E-state index in [4.69, 9.17) is 21.1 Å². The molecule has 0 saturated carbocycles. The van der Waals surface area contributed by atoms with Gasteiger partial charge in [-0.05, 0) is 95.5 Å². The van der Waals surface area contributed by atoms with Gasteiger partial charge in [0.25, 0.3) is 5.91 Å². The number of nitrogens with one attached hydrogen (secondary N) is 1. The molecular weight excluding hydrogens is 662 g/mol. The Morgan fingerprint density at radius 1 is 0.882 bits per heavy atom. The van der Waals surface area contributed by atoms with Gasteiger partial charge in [0.15, 0.2) is 5.71 Å². The van der Waals surface area contributed by atoms with E-state index < -0.39 is 5.97 Å². The zero-order valence-corrected chi connectivity index (χ0v) is 31.0. The van der Waals surface area contributed by atoms with E-state index in [0.29, 0.717) is 50.0 Å². The van der Waals surface area contributed by atoms with Crippen LogP contribution in [0.4, 0.5) is 5.69 Å². The predicted octanol–water partition coefficient (Wildman–Crippen LogP) is 7.38. The van der Waals surface area contributed by atoms with Crippen LogP contribution in [0, 0.1) is 0 Å². The molecule has 0 spiro atoms. The molecule has 6 rings (SSSR count). The van der Waals surface area contributed by atoms with Gasteiger partial charge in [-0.3, -0.25) is 4.79 Å². The standard InChI is InChI=1S/C42H52ClN3O5/c1-42(2)37-28-31(45-19-6-7-20-45)12-15-34(37)39(35-16-13-32(29-38(35)42)46-21-8-9-22-46)36-27-30(11-14-33(36)41(48)49)40(47)44-18-24-51-26-25-50-23-10-4-3-5-17-43/h11-16,27-29H,3-10,17-26H2,1-2H3,(H-,44,47,48,49)/p+1. The largest absolute Gasteiger partial charge is 0.478 e. The molecule has 9 heteroatoms. The van der Waals surface area contributed by atoms with Crippen LogP contribution in [0.1, 0.15) is 103 Å². The highest BCUT2D eigenvalue weighted by Crippen LogP contribution is 2.51. The molecule has 8 nitrogen and oxygen atoms in total. The van der Waals surface area contributed by atoms with Crippen LogP contribution in [0.2, 0.25) is 0 Å². The van der Waals surface area contributed by atoms with E-state index in [1.54, 1.807) is 18.2 Å². The van der Waals surface area contributed by atoms with Crippen LogP contribution in [0.15, 0.2) is 65.8 Å². The number of carboxylic acids is 1. The summed E-state index contributed by atoms with van der Waals surface area (Å²) in [5.74, 6) is -0.581. The maximum absolute atomic E-state index is 13.5. The van der Waals surface area contributed by atoms with Crippen LogP contribution in [0.5, 0.6) is 0 Å². The molecule has 2 N–H and O–H groups in total. The third-order valence-electron chi connectivity index (χ3n) is 10.7. The highest BCUT2D eigenvalue weighted by Gasteiger charge is 2.40. The number of benzene rings is 2. The summed E-state index contributed by atoms with van der Waals surface area (Å²) in [6.07, 6.45) is 15.7. The van der Waals surface area contributed by atoms with Gasteiger partial charge >= 0.3 is 5.97 Å². The van der Waals surface area contributed by atoms with Crippen molar-refractivity contribution in [2.75, 3.05) is 69.9 Å². The topological polar surface area (TPSA) is 91.1 Å². The molecule has 0 aromatic heterocycles. The monoisotopic (exact) mass is 714 g/mol. The van der Waals surface area contributed by atoms with Crippen LogP contribution in [-0.2, 0) is 14.9 Å². The second kappa shape index (κ2) is 17.2. The fourth-order valence-corrected chi connectivity index (χ4v) is 8.04. The number of unbranched alkanes of at least 4 members (excludes halogenated alkanes) is 3. The molecule has 0 bridgehead atoms. The first-order valence-corrected chi connectivity index (χ1v) is 19.4. The zero-order valence-electron chi connectivity index (χ0n) is 30.3. The highest BCUT2D eigenvalue weighted by molar-refractivity contribution is 6.17. The van der Waals surface area contributed by atoms with Crippen LogP contribution in [0.3, 0.4) is 0 Å². The summed E-state index contributed by atoms with van der Waals surface area (Å²) in [5.41, 5.74) is 8.44. The lowest BCUT2D eigenvalue weighted by molar-refractivity contribution is -0.504. The van der Waals surface area contributed by atoms with Gasteiger partial charge in [-0.25, -0.2) is 9.37 Å². The lowest BCUT2D eigenvalue weighted by Crippen LogP contribution is -2.31. The number of hydrogen-bond acceptors (Lipinski definition) is 5. The van der Waals surface area contributed by atoms with Crippen molar-refractivity contribution in [3.05, 3.63) is 93.6 Å². The molecular formula is C42H53ClN3O5+. The number of carbonyl (C=O) groups is 2. The van der Waals surface area contributed by atoms with Gasteiger partial charge < -0.3 is 24.8 Å². The summed E-state index contributed by atoms with van der Waals surface area (Å²) in [6.45, 7) is 11.1. The Kier molecular flexibility index (Phi) is 12.5. The van der Waals surface area contributed by atoms with E-state index in [0.717, 1.165) is 68.6 Å². The number of carboxylic acid groups (broad SMARTS) is 1. The first kappa shape index (κ1) is 37.1. The summed E-state index contributed by atoms with van der Waals surface area (Å²) in [7, 11) is 0. The minimum Gasteiger partial charge on any atom is -0.478 e. The summed E-state index contributed by atoms with van der Waals surface area (Å²) >= 11 is 5.72. The van der Waals surface area contributed by atoms with E-state index in [-0.39, 0.29) is 16.9 Å². The molecule has 2 fully saturated rings. The van der Waals surface area contributed by atoms with E-state index in [1.165, 1.54) is 48.2 Å². The van der Waals surface area contributed by atoms with Crippen molar-refractivity contribution in [2.45, 2.75) is 70.6 Å². The van der Waals surface area contributed by atoms with Crippen molar-refractivity contribution in [2.24, 2.45) is 0 Å². The minimum atomic E-state index is -1.02. The van der Waals surface area contributed by atoms with Gasteiger partial charge in [0.1, 0.15) is 13.1 Å². The van der Waals surface area contributed by atoms with Crippen molar-refractivity contribution in [3.8, 4) is 0 Å². The number of alkyl halides is 1. The molecule has 2 aliphatic heterocycles. The Hall–Kier alpha value is -3.72. The fraction of sp³-hybridized carbons (Fsp3) is 0.500. The van der Waals surface area contributed by atoms with Gasteiger partial charge in [0.2, 0.25) is 0 Å². The Balaban J connectivity index is 1.26. The number of ether oxygens (including phenoxy) is 2. The summed E-state index contributed by atoms with van der Waals surface area (Å²) in [6, 6.07) is 11.6. The average Bonchev–Trinajstić information content (AvgIpc) is 3.88. The zero-order chi connectivity index (χ0) is 35.8. The lowest BCUT2D eigenvalue weighted by atomic mass is 9.64. The Bertz CT molecular complexity index is 1730. The van der Waals surface area contributed by atoms with Crippen LogP contribution in [0.25, 0.3) is 5.57 Å². The van der Waals surface area contributed by atoms with Crippen molar-refractivity contribution in [3.63, 3.8) is 0 Å². The van der Waals surface area contributed by atoms with E-state index in [2.05, 4.69) is 65.1 Å². The van der Waals surface area contributed by atoms with Gasteiger partial charge in [0, 0.05) is 73.8 Å². The molecule has 1 amide bonds. The maximum atomic E-state index is 13.5. The summed E-state index contributed by atoms with van der Waals surface area (Å²) in [5, 5.41) is 13.4. The Morgan fingerprint density at radius 3 is 2.37 bits per heavy atom. The van der Waals surface area contributed by atoms with Crippen molar-refractivity contribution >= 4 is 40.4 Å². The van der Waals surface area contributed by atoms with Crippen molar-refractivity contribution < 1.29 is 28.7 Å². The molecule has 0 radical (unpaired) electrons. The molecule has 4 aliphatic rings. The Labute approximate surface area is 307 Å². The molecule has 2 aromatic rings. The Morgan fingerprint density at radius 2 is 1.63 bits per heavy atom. The molecule has 0 unspecified atom stereocenters. The SMILES string of the molecule is CC1(C)C2=CC(=[N+]3CCCC3)C=CC2=C(c2cc(C(=O)NCCOCCOCCCCCCCl)ccc2C(=O)O)c2ccc(N3CCCC3)cc21. The number of allylic oxidation sites excluding steroid dienone is 5. The van der Waals surface area contributed by atoms with Crippen molar-refractivity contribution in [1.29, 1.82) is 0 Å².